The second kappa shape index (κ2) is 18.5. The molecule has 0 unspecified atom stereocenters. The van der Waals surface area contributed by atoms with Gasteiger partial charge in [-0.1, -0.05) is 103 Å². The van der Waals surface area contributed by atoms with E-state index in [-0.39, 0.29) is 5.91 Å². The van der Waals surface area contributed by atoms with Gasteiger partial charge in [-0.3, -0.25) is 4.79 Å². The van der Waals surface area contributed by atoms with Crippen LogP contribution in [0.3, 0.4) is 0 Å². The maximum atomic E-state index is 12.2. The van der Waals surface area contributed by atoms with E-state index < -0.39 is 0 Å². The number of hydrogen-bond donors (Lipinski definition) is 1. The Labute approximate surface area is 180 Å². The third-order valence-corrected chi connectivity index (χ3v) is 5.38. The van der Waals surface area contributed by atoms with Crippen LogP contribution >= 0.6 is 0 Å². The maximum Gasteiger partial charge on any atom is 0.251 e. The Morgan fingerprint density at radius 2 is 1.31 bits per heavy atom. The van der Waals surface area contributed by atoms with Crippen LogP contribution in [0.4, 0.5) is 0 Å². The molecule has 3 heteroatoms. The molecule has 3 nitrogen and oxygen atoms in total. The molecule has 1 amide bonds. The number of nitrogens with one attached hydrogen (secondary N) is 1. The molecule has 0 aliphatic heterocycles. The van der Waals surface area contributed by atoms with Crippen molar-refractivity contribution < 1.29 is 9.53 Å². The van der Waals surface area contributed by atoms with E-state index >= 15 is 0 Å². The Morgan fingerprint density at radius 1 is 0.759 bits per heavy atom. The third-order valence-electron chi connectivity index (χ3n) is 5.38. The fraction of sp³-hybridized carbons (Fsp3) is 0.731. The summed E-state index contributed by atoms with van der Waals surface area (Å²) in [4.78, 5) is 12.2. The number of benzene rings is 1. The first-order valence-corrected chi connectivity index (χ1v) is 12.3. The molecule has 0 saturated heterocycles. The van der Waals surface area contributed by atoms with Gasteiger partial charge in [-0.05, 0) is 31.0 Å². The molecule has 1 aromatic rings. The van der Waals surface area contributed by atoms with Gasteiger partial charge in [0.15, 0.2) is 0 Å². The van der Waals surface area contributed by atoms with E-state index in [1.54, 1.807) is 0 Å². The minimum Gasteiger partial charge on any atom is -0.494 e. The largest absolute Gasteiger partial charge is 0.494 e. The molecule has 0 saturated carbocycles. The highest BCUT2D eigenvalue weighted by atomic mass is 16.5. The minimum absolute atomic E-state index is 0.00152. The van der Waals surface area contributed by atoms with Crippen molar-refractivity contribution >= 4 is 5.91 Å². The lowest BCUT2D eigenvalue weighted by molar-refractivity contribution is 0.0952. The molecule has 0 atom stereocenters. The third kappa shape index (κ3) is 14.2. The Balaban J connectivity index is 1.92. The van der Waals surface area contributed by atoms with E-state index in [1.165, 1.54) is 83.5 Å². The van der Waals surface area contributed by atoms with Crippen molar-refractivity contribution in [2.24, 2.45) is 0 Å². The Bertz CT molecular complexity index is 515. The van der Waals surface area contributed by atoms with E-state index in [0.717, 1.165) is 25.1 Å². The molecular weight excluding hydrogens is 358 g/mol. The summed E-state index contributed by atoms with van der Waals surface area (Å²) in [6.45, 7) is 5.80. The lowest BCUT2D eigenvalue weighted by Crippen LogP contribution is -2.24. The number of hydrogen-bond acceptors (Lipinski definition) is 2. The highest BCUT2D eigenvalue weighted by Crippen LogP contribution is 2.14. The number of carbonyl (C=O) groups excluding carboxylic acids is 1. The SMILES string of the molecule is CCCCCCCCCCCCCCCCNC(=O)c1cccc(OCCC)c1. The summed E-state index contributed by atoms with van der Waals surface area (Å²) in [6, 6.07) is 7.46. The Kier molecular flexibility index (Phi) is 16.3. The fourth-order valence-corrected chi connectivity index (χ4v) is 3.57. The van der Waals surface area contributed by atoms with E-state index in [9.17, 15) is 4.79 Å². The van der Waals surface area contributed by atoms with Gasteiger partial charge < -0.3 is 10.1 Å². The van der Waals surface area contributed by atoms with Gasteiger partial charge in [0.1, 0.15) is 5.75 Å². The van der Waals surface area contributed by atoms with Crippen molar-refractivity contribution in [1.82, 2.24) is 5.32 Å². The van der Waals surface area contributed by atoms with E-state index in [2.05, 4.69) is 19.2 Å². The fourth-order valence-electron chi connectivity index (χ4n) is 3.57. The lowest BCUT2D eigenvalue weighted by Gasteiger charge is -2.08. The van der Waals surface area contributed by atoms with Crippen LogP contribution < -0.4 is 10.1 Å². The second-order valence-corrected chi connectivity index (χ2v) is 8.23. The summed E-state index contributed by atoms with van der Waals surface area (Å²) in [5.74, 6) is 0.776. The van der Waals surface area contributed by atoms with Gasteiger partial charge in [0, 0.05) is 12.1 Å². The standard InChI is InChI=1S/C26H45NO2/c1-3-5-6-7-8-9-10-11-12-13-14-15-16-17-21-27-26(28)24-19-18-20-25(23-24)29-22-4-2/h18-20,23H,3-17,21-22H2,1-2H3,(H,27,28). The number of unbranched alkanes of at least 4 members (excludes halogenated alkanes) is 13. The number of ether oxygens (including phenoxy) is 1. The lowest BCUT2D eigenvalue weighted by atomic mass is 10.0. The van der Waals surface area contributed by atoms with Crippen LogP contribution in [-0.2, 0) is 0 Å². The zero-order valence-corrected chi connectivity index (χ0v) is 19.1. The molecule has 0 fully saturated rings. The van der Waals surface area contributed by atoms with Crippen LogP contribution in [0.5, 0.6) is 5.75 Å². The summed E-state index contributed by atoms with van der Waals surface area (Å²) in [7, 11) is 0. The molecule has 0 spiro atoms. The highest BCUT2D eigenvalue weighted by molar-refractivity contribution is 5.94. The quantitative estimate of drug-likeness (QED) is 0.240. The van der Waals surface area contributed by atoms with Gasteiger partial charge in [0.25, 0.3) is 5.91 Å². The molecule has 0 aliphatic rings. The van der Waals surface area contributed by atoms with Gasteiger partial charge >= 0.3 is 0 Å². The monoisotopic (exact) mass is 403 g/mol. The average molecular weight is 404 g/mol. The molecule has 0 heterocycles. The van der Waals surface area contributed by atoms with Crippen molar-refractivity contribution in [3.63, 3.8) is 0 Å². The predicted octanol–water partition coefficient (Wildman–Crippen LogP) is 7.69. The van der Waals surface area contributed by atoms with Gasteiger partial charge in [0.2, 0.25) is 0 Å². The molecule has 166 valence electrons. The molecule has 0 radical (unpaired) electrons. The van der Waals surface area contributed by atoms with Crippen LogP contribution in [0.2, 0.25) is 0 Å². The summed E-state index contributed by atoms with van der Waals surface area (Å²) < 4.78 is 5.60. The van der Waals surface area contributed by atoms with Crippen molar-refractivity contribution in [2.45, 2.75) is 110 Å². The van der Waals surface area contributed by atoms with Gasteiger partial charge in [-0.25, -0.2) is 0 Å². The number of rotatable bonds is 19. The van der Waals surface area contributed by atoms with Crippen molar-refractivity contribution in [2.75, 3.05) is 13.2 Å². The normalized spacial score (nSPS) is 10.8. The van der Waals surface area contributed by atoms with Gasteiger partial charge in [-0.15, -0.1) is 0 Å². The first kappa shape index (κ1) is 25.5. The van der Waals surface area contributed by atoms with E-state index in [0.29, 0.717) is 12.2 Å². The van der Waals surface area contributed by atoms with Crippen molar-refractivity contribution in [3.8, 4) is 5.75 Å². The summed E-state index contributed by atoms with van der Waals surface area (Å²) in [5, 5.41) is 3.03. The molecule has 1 rings (SSSR count). The van der Waals surface area contributed by atoms with Gasteiger partial charge in [0.05, 0.1) is 6.61 Å². The zero-order valence-electron chi connectivity index (χ0n) is 19.1. The molecule has 0 aliphatic carbocycles. The molecule has 0 bridgehead atoms. The molecule has 0 aromatic heterocycles. The summed E-state index contributed by atoms with van der Waals surface area (Å²) in [5.41, 5.74) is 0.684. The Morgan fingerprint density at radius 3 is 1.86 bits per heavy atom. The molecule has 1 aromatic carbocycles. The van der Waals surface area contributed by atoms with Crippen LogP contribution in [-0.4, -0.2) is 19.1 Å². The Hall–Kier alpha value is -1.51. The van der Waals surface area contributed by atoms with Crippen molar-refractivity contribution in [3.05, 3.63) is 29.8 Å². The van der Waals surface area contributed by atoms with Gasteiger partial charge in [-0.2, -0.15) is 0 Å². The minimum atomic E-state index is 0.00152. The second-order valence-electron chi connectivity index (χ2n) is 8.23. The summed E-state index contributed by atoms with van der Waals surface area (Å²) >= 11 is 0. The van der Waals surface area contributed by atoms with Crippen LogP contribution in [0.1, 0.15) is 121 Å². The molecular formula is C26H45NO2. The van der Waals surface area contributed by atoms with Crippen molar-refractivity contribution in [1.29, 1.82) is 0 Å². The number of carbonyl (C=O) groups is 1. The van der Waals surface area contributed by atoms with Crippen LogP contribution in [0, 0.1) is 0 Å². The van der Waals surface area contributed by atoms with E-state index in [4.69, 9.17) is 4.74 Å². The number of amides is 1. The first-order valence-electron chi connectivity index (χ1n) is 12.3. The van der Waals surface area contributed by atoms with Crippen LogP contribution in [0.25, 0.3) is 0 Å². The predicted molar refractivity (Wildman–Crippen MR) is 125 cm³/mol. The first-order chi connectivity index (χ1) is 14.3. The zero-order chi connectivity index (χ0) is 21.0. The summed E-state index contributed by atoms with van der Waals surface area (Å²) in [6.07, 6.45) is 19.9. The highest BCUT2D eigenvalue weighted by Gasteiger charge is 2.06. The smallest absolute Gasteiger partial charge is 0.251 e. The average Bonchev–Trinajstić information content (AvgIpc) is 2.75. The van der Waals surface area contributed by atoms with E-state index in [1.807, 2.05) is 24.3 Å². The maximum absolute atomic E-state index is 12.2. The topological polar surface area (TPSA) is 38.3 Å². The molecule has 1 N–H and O–H groups in total. The molecule has 29 heavy (non-hydrogen) atoms. The van der Waals surface area contributed by atoms with Crippen LogP contribution in [0.15, 0.2) is 24.3 Å².